The number of allylic oxidation sites excluding steroid dienone is 2. The smallest absolute Gasteiger partial charge is 0.257 e. The number of halogens is 2. The second-order valence-corrected chi connectivity index (χ2v) is 8.87. The van der Waals surface area contributed by atoms with E-state index in [0.717, 1.165) is 11.5 Å². The number of amides is 1. The molecule has 3 heterocycles. The van der Waals surface area contributed by atoms with Crippen LogP contribution in [0.4, 0.5) is 4.39 Å². The van der Waals surface area contributed by atoms with Crippen LogP contribution in [0.5, 0.6) is 0 Å². The zero-order valence-corrected chi connectivity index (χ0v) is 15.9. The fraction of sp³-hybridized carbons (Fsp3) is 0.278. The maximum atomic E-state index is 13.9. The molecule has 0 spiro atoms. The number of carbonyl (C=O) groups is 1. The molecule has 0 aromatic heterocycles. The van der Waals surface area contributed by atoms with Gasteiger partial charge in [-0.15, -0.1) is 0 Å². The van der Waals surface area contributed by atoms with Crippen LogP contribution in [-0.4, -0.2) is 36.2 Å². The van der Waals surface area contributed by atoms with Crippen LogP contribution in [-0.2, 0) is 0 Å². The van der Waals surface area contributed by atoms with E-state index in [0.29, 0.717) is 13.1 Å². The number of hydrogen-bond donors (Lipinski definition) is 0. The van der Waals surface area contributed by atoms with Crippen molar-refractivity contribution in [1.29, 1.82) is 0 Å². The van der Waals surface area contributed by atoms with Gasteiger partial charge in [0.05, 0.1) is 18.7 Å². The molecule has 24 heavy (non-hydrogen) atoms. The van der Waals surface area contributed by atoms with E-state index >= 15 is 0 Å². The van der Waals surface area contributed by atoms with Gasteiger partial charge in [0.25, 0.3) is 5.91 Å². The van der Waals surface area contributed by atoms with Gasteiger partial charge in [0.2, 0.25) is 0 Å². The maximum absolute atomic E-state index is 13.9. The van der Waals surface area contributed by atoms with Crippen molar-refractivity contribution in [3.63, 3.8) is 0 Å². The highest BCUT2D eigenvalue weighted by Crippen LogP contribution is 2.42. The molecular weight excluding hydrogens is 420 g/mol. The van der Waals surface area contributed by atoms with Crippen LogP contribution >= 0.6 is 21.0 Å². The second kappa shape index (κ2) is 5.61. The van der Waals surface area contributed by atoms with Gasteiger partial charge in [0.1, 0.15) is 11.6 Å². The second-order valence-electron chi connectivity index (χ2n) is 6.12. The van der Waals surface area contributed by atoms with Gasteiger partial charge in [-0.05, 0) is 38.5 Å². The van der Waals surface area contributed by atoms with Gasteiger partial charge in [0, 0.05) is 41.5 Å². The minimum Gasteiger partial charge on any atom is -0.329 e. The summed E-state index contributed by atoms with van der Waals surface area (Å²) < 4.78 is 17.6. The Balaban J connectivity index is 1.66. The largest absolute Gasteiger partial charge is 0.329 e. The average Bonchev–Trinajstić information content (AvgIpc) is 3.12. The van der Waals surface area contributed by atoms with E-state index in [-0.39, 0.29) is 32.5 Å². The van der Waals surface area contributed by atoms with Crippen LogP contribution in [0.1, 0.15) is 31.1 Å². The summed E-state index contributed by atoms with van der Waals surface area (Å²) >= 11 is -0.357. The van der Waals surface area contributed by atoms with E-state index in [1.54, 1.807) is 23.1 Å². The van der Waals surface area contributed by atoms with Crippen LogP contribution < -0.4 is 0 Å². The van der Waals surface area contributed by atoms with E-state index in [1.807, 2.05) is 6.92 Å². The highest BCUT2D eigenvalue weighted by molar-refractivity contribution is 14.2. The Bertz CT molecular complexity index is 897. The summed E-state index contributed by atoms with van der Waals surface area (Å²) in [4.78, 5) is 19.1. The van der Waals surface area contributed by atoms with Crippen LogP contribution in [0.15, 0.2) is 51.9 Å². The first kappa shape index (κ1) is 15.7. The van der Waals surface area contributed by atoms with Gasteiger partial charge in [-0.25, -0.2) is 9.38 Å². The van der Waals surface area contributed by atoms with Crippen molar-refractivity contribution in [2.75, 3.05) is 13.1 Å². The summed E-state index contributed by atoms with van der Waals surface area (Å²) in [6.45, 7) is 7.38. The van der Waals surface area contributed by atoms with E-state index in [2.05, 4.69) is 17.0 Å². The van der Waals surface area contributed by atoms with Crippen LogP contribution in [0.2, 0.25) is 0 Å². The Hall–Kier alpha value is -1.83. The van der Waals surface area contributed by atoms with E-state index in [1.165, 1.54) is 26.4 Å². The third-order valence-electron chi connectivity index (χ3n) is 4.69. The number of nitrogens with zero attached hydrogens (tertiary/aromatic N) is 3. The van der Waals surface area contributed by atoms with Crippen molar-refractivity contribution in [3.05, 3.63) is 58.3 Å². The van der Waals surface area contributed by atoms with Crippen molar-refractivity contribution in [1.82, 2.24) is 8.01 Å². The van der Waals surface area contributed by atoms with Gasteiger partial charge in [-0.3, -0.25) is 7.91 Å². The van der Waals surface area contributed by atoms with E-state index in [4.69, 9.17) is 4.99 Å². The molecule has 0 bridgehead atoms. The molecule has 0 aliphatic carbocycles. The number of carbonyl (C=O) groups excluding carboxylic acids is 1. The summed E-state index contributed by atoms with van der Waals surface area (Å²) in [7, 11) is 0. The molecule has 124 valence electrons. The molecule has 3 aliphatic heterocycles. The predicted octanol–water partition coefficient (Wildman–Crippen LogP) is 3.64. The Morgan fingerprint density at radius 3 is 2.71 bits per heavy atom. The molecule has 4 nitrogen and oxygen atoms in total. The Morgan fingerprint density at radius 1 is 1.21 bits per heavy atom. The first-order valence-electron chi connectivity index (χ1n) is 7.79. The fourth-order valence-corrected chi connectivity index (χ4v) is 6.26. The van der Waals surface area contributed by atoms with Crippen molar-refractivity contribution in [2.24, 2.45) is 4.99 Å². The van der Waals surface area contributed by atoms with Crippen molar-refractivity contribution in [3.8, 4) is 0 Å². The number of rotatable bonds is 1. The van der Waals surface area contributed by atoms with E-state index < -0.39 is 5.82 Å². The standard InChI is InChI=1S/C18H17FIN3O/c1-10-11(2)21-17-14-8-22(9-16(14)20-23(17)12(10)3)18(24)13-6-4-5-7-15(13)19/h4-7H,8-9H2,1-3H3. The third kappa shape index (κ3) is 2.27. The van der Waals surface area contributed by atoms with Crippen LogP contribution in [0.3, 0.4) is 0 Å². The molecule has 1 amide bonds. The number of aliphatic imine (C=N–C) groups is 1. The van der Waals surface area contributed by atoms with Crippen LogP contribution in [0, 0.1) is 5.82 Å². The molecule has 0 unspecified atom stereocenters. The van der Waals surface area contributed by atoms with Crippen molar-refractivity contribution < 1.29 is 9.18 Å². The fourth-order valence-electron chi connectivity index (χ4n) is 3.06. The lowest BCUT2D eigenvalue weighted by atomic mass is 10.1. The van der Waals surface area contributed by atoms with Gasteiger partial charge < -0.3 is 4.90 Å². The van der Waals surface area contributed by atoms with Crippen molar-refractivity contribution >= 4 is 36.1 Å². The first-order chi connectivity index (χ1) is 11.5. The molecule has 1 aromatic rings. The normalized spacial score (nSPS) is 19.8. The Kier molecular flexibility index (Phi) is 3.67. The molecule has 1 fully saturated rings. The lowest BCUT2D eigenvalue weighted by Gasteiger charge is -2.26. The highest BCUT2D eigenvalue weighted by Gasteiger charge is 2.37. The molecule has 6 heteroatoms. The van der Waals surface area contributed by atoms with Gasteiger partial charge in [0.15, 0.2) is 0 Å². The first-order valence-corrected chi connectivity index (χ1v) is 9.83. The Morgan fingerprint density at radius 2 is 1.96 bits per heavy atom. The highest BCUT2D eigenvalue weighted by atomic mass is 127. The van der Waals surface area contributed by atoms with Gasteiger partial charge in [-0.2, -0.15) is 0 Å². The number of benzene rings is 1. The summed E-state index contributed by atoms with van der Waals surface area (Å²) in [5.41, 5.74) is 4.86. The lowest BCUT2D eigenvalue weighted by molar-refractivity contribution is 0.0799. The van der Waals surface area contributed by atoms with E-state index in [9.17, 15) is 9.18 Å². The average molecular weight is 437 g/mol. The van der Waals surface area contributed by atoms with Crippen molar-refractivity contribution in [2.45, 2.75) is 20.8 Å². The monoisotopic (exact) mass is 437 g/mol. The third-order valence-corrected chi connectivity index (χ3v) is 7.93. The molecule has 0 saturated carbocycles. The number of fused-ring (bicyclic) bond motifs is 2. The number of hydrogen-bond acceptors (Lipinski definition) is 3. The van der Waals surface area contributed by atoms with Gasteiger partial charge in [-0.1, -0.05) is 12.1 Å². The Labute approximate surface area is 150 Å². The van der Waals surface area contributed by atoms with Gasteiger partial charge >= 0.3 is 0 Å². The SMILES string of the molecule is CC1=NC2=C3CN(C(=O)c4ccccc4F)CC3=IN2C(C)=C1C. The zero-order valence-electron chi connectivity index (χ0n) is 13.7. The minimum absolute atomic E-state index is 0.147. The minimum atomic E-state index is -0.459. The topological polar surface area (TPSA) is 35.9 Å². The summed E-state index contributed by atoms with van der Waals surface area (Å²) in [5.74, 6) is 0.306. The molecule has 0 N–H and O–H groups in total. The molecule has 4 rings (SSSR count). The number of likely N-dealkylation sites (tertiary alicyclic amines) is 1. The summed E-state index contributed by atoms with van der Waals surface area (Å²) in [6.07, 6.45) is 0. The summed E-state index contributed by atoms with van der Waals surface area (Å²) in [6, 6.07) is 6.18. The molecule has 0 radical (unpaired) electrons. The quantitative estimate of drug-likeness (QED) is 0.497. The maximum Gasteiger partial charge on any atom is 0.257 e. The summed E-state index contributed by atoms with van der Waals surface area (Å²) in [5, 5.41) is 0. The molecular formula is C18H17FIN3O. The molecule has 0 atom stereocenters. The zero-order chi connectivity index (χ0) is 17.0. The molecule has 1 saturated heterocycles. The lowest BCUT2D eigenvalue weighted by Crippen LogP contribution is -2.30. The molecule has 3 aliphatic rings. The predicted molar refractivity (Wildman–Crippen MR) is 102 cm³/mol. The molecule has 1 aromatic carbocycles. The van der Waals surface area contributed by atoms with Crippen LogP contribution in [0.25, 0.3) is 0 Å².